The fraction of sp³-hybridized carbons (Fsp3) is 0.300. The Kier molecular flexibility index (Phi) is 6.60. The van der Waals surface area contributed by atoms with Crippen LogP contribution in [0.3, 0.4) is 0 Å². The molecule has 0 aliphatic rings. The molecule has 0 heterocycles. The summed E-state index contributed by atoms with van der Waals surface area (Å²) in [6.45, 7) is 5.71. The summed E-state index contributed by atoms with van der Waals surface area (Å²) < 4.78 is 5.63. The van der Waals surface area contributed by atoms with Crippen molar-refractivity contribution >= 4 is 23.2 Å². The van der Waals surface area contributed by atoms with E-state index in [0.717, 1.165) is 11.1 Å². The van der Waals surface area contributed by atoms with Crippen molar-refractivity contribution in [3.63, 3.8) is 0 Å². The van der Waals surface area contributed by atoms with E-state index in [1.54, 1.807) is 12.1 Å². The van der Waals surface area contributed by atoms with Crippen LogP contribution in [0.25, 0.3) is 0 Å². The lowest BCUT2D eigenvalue weighted by Crippen LogP contribution is -2.30. The van der Waals surface area contributed by atoms with Crippen molar-refractivity contribution in [2.24, 2.45) is 0 Å². The quantitative estimate of drug-likeness (QED) is 0.665. The lowest BCUT2D eigenvalue weighted by molar-refractivity contribution is -0.120. The van der Waals surface area contributed by atoms with Gasteiger partial charge in [-0.3, -0.25) is 9.59 Å². The lowest BCUT2D eigenvalue weighted by atomic mass is 10.0. The molecule has 2 amide bonds. The smallest absolute Gasteiger partial charge is 0.226 e. The number of para-hydroxylation sites is 1. The molecule has 0 fully saturated rings. The standard InChI is InChI=1S/C20H25N3O3/c1-4-26-19-8-6-5-7-16(19)18(22-14(3)24)12-20(25)23-17-11-15(21)10-9-13(17)2/h5-11,18H,4,12,21H2,1-3H3,(H,22,24)(H,23,25). The normalized spacial score (nSPS) is 11.5. The van der Waals surface area contributed by atoms with Crippen molar-refractivity contribution < 1.29 is 14.3 Å². The molecule has 4 N–H and O–H groups in total. The van der Waals surface area contributed by atoms with Crippen LogP contribution in [-0.4, -0.2) is 18.4 Å². The Bertz CT molecular complexity index is 790. The SMILES string of the molecule is CCOc1ccccc1C(CC(=O)Nc1cc(N)ccc1C)NC(C)=O. The first-order valence-corrected chi connectivity index (χ1v) is 8.55. The van der Waals surface area contributed by atoms with Gasteiger partial charge in [-0.25, -0.2) is 0 Å². The Labute approximate surface area is 153 Å². The summed E-state index contributed by atoms with van der Waals surface area (Å²) in [5.41, 5.74) is 8.71. The average Bonchev–Trinajstić information content (AvgIpc) is 2.58. The minimum Gasteiger partial charge on any atom is -0.494 e. The third kappa shape index (κ3) is 5.24. The van der Waals surface area contributed by atoms with Gasteiger partial charge in [0.05, 0.1) is 19.1 Å². The van der Waals surface area contributed by atoms with Crippen LogP contribution in [0.1, 0.15) is 37.4 Å². The summed E-state index contributed by atoms with van der Waals surface area (Å²) in [7, 11) is 0. The monoisotopic (exact) mass is 355 g/mol. The number of benzene rings is 2. The highest BCUT2D eigenvalue weighted by molar-refractivity contribution is 5.93. The largest absolute Gasteiger partial charge is 0.494 e. The van der Waals surface area contributed by atoms with Crippen LogP contribution < -0.4 is 21.1 Å². The summed E-state index contributed by atoms with van der Waals surface area (Å²) in [5.74, 6) is 0.222. The van der Waals surface area contributed by atoms with Gasteiger partial charge in [0.25, 0.3) is 0 Å². The average molecular weight is 355 g/mol. The van der Waals surface area contributed by atoms with E-state index in [1.807, 2.05) is 44.2 Å². The topological polar surface area (TPSA) is 93.4 Å². The van der Waals surface area contributed by atoms with Crippen molar-refractivity contribution in [3.05, 3.63) is 53.6 Å². The number of anilines is 2. The minimum atomic E-state index is -0.489. The van der Waals surface area contributed by atoms with Crippen LogP contribution >= 0.6 is 0 Å². The third-order valence-electron chi connectivity index (χ3n) is 3.90. The summed E-state index contributed by atoms with van der Waals surface area (Å²) >= 11 is 0. The highest BCUT2D eigenvalue weighted by atomic mass is 16.5. The Morgan fingerprint density at radius 3 is 2.62 bits per heavy atom. The summed E-state index contributed by atoms with van der Waals surface area (Å²) in [5, 5.41) is 5.70. The third-order valence-corrected chi connectivity index (χ3v) is 3.90. The number of nitrogens with one attached hydrogen (secondary N) is 2. The predicted molar refractivity (Wildman–Crippen MR) is 103 cm³/mol. The van der Waals surface area contributed by atoms with Gasteiger partial charge in [-0.2, -0.15) is 0 Å². The molecular weight excluding hydrogens is 330 g/mol. The van der Waals surface area contributed by atoms with Gasteiger partial charge in [-0.15, -0.1) is 0 Å². The zero-order chi connectivity index (χ0) is 19.1. The molecule has 0 aromatic heterocycles. The molecular formula is C20H25N3O3. The molecule has 0 aliphatic carbocycles. The van der Waals surface area contributed by atoms with Crippen molar-refractivity contribution in [1.29, 1.82) is 0 Å². The number of nitrogens with two attached hydrogens (primary N) is 1. The van der Waals surface area contributed by atoms with Crippen molar-refractivity contribution in [1.82, 2.24) is 5.32 Å². The molecule has 6 nitrogen and oxygen atoms in total. The molecule has 138 valence electrons. The molecule has 2 aromatic rings. The minimum absolute atomic E-state index is 0.0813. The van der Waals surface area contributed by atoms with Gasteiger partial charge in [0, 0.05) is 23.9 Å². The number of rotatable bonds is 7. The van der Waals surface area contributed by atoms with E-state index in [-0.39, 0.29) is 18.2 Å². The second-order valence-corrected chi connectivity index (χ2v) is 6.05. The van der Waals surface area contributed by atoms with Gasteiger partial charge in [0.1, 0.15) is 5.75 Å². The van der Waals surface area contributed by atoms with Gasteiger partial charge in [-0.1, -0.05) is 24.3 Å². The highest BCUT2D eigenvalue weighted by Gasteiger charge is 2.21. The van der Waals surface area contributed by atoms with Gasteiger partial charge in [-0.05, 0) is 37.6 Å². The molecule has 0 saturated carbocycles. The van der Waals surface area contributed by atoms with E-state index < -0.39 is 6.04 Å². The maximum Gasteiger partial charge on any atom is 0.226 e. The van der Waals surface area contributed by atoms with Gasteiger partial charge in [0.15, 0.2) is 0 Å². The maximum absolute atomic E-state index is 12.6. The Morgan fingerprint density at radius 1 is 1.19 bits per heavy atom. The number of carbonyl (C=O) groups is 2. The summed E-state index contributed by atoms with van der Waals surface area (Å²) in [4.78, 5) is 24.2. The second-order valence-electron chi connectivity index (χ2n) is 6.05. The maximum atomic E-state index is 12.6. The predicted octanol–water partition coefficient (Wildman–Crippen LogP) is 3.18. The lowest BCUT2D eigenvalue weighted by Gasteiger charge is -2.21. The van der Waals surface area contributed by atoms with Crippen LogP contribution in [-0.2, 0) is 9.59 Å². The zero-order valence-corrected chi connectivity index (χ0v) is 15.3. The Morgan fingerprint density at radius 2 is 1.92 bits per heavy atom. The molecule has 2 rings (SSSR count). The molecule has 0 saturated heterocycles. The van der Waals surface area contributed by atoms with Gasteiger partial charge in [0.2, 0.25) is 11.8 Å². The van der Waals surface area contributed by atoms with E-state index in [9.17, 15) is 9.59 Å². The highest BCUT2D eigenvalue weighted by Crippen LogP contribution is 2.28. The first-order chi connectivity index (χ1) is 12.4. The van der Waals surface area contributed by atoms with E-state index in [2.05, 4.69) is 10.6 Å². The van der Waals surface area contributed by atoms with E-state index in [1.165, 1.54) is 6.92 Å². The molecule has 6 heteroatoms. The van der Waals surface area contributed by atoms with Crippen molar-refractivity contribution in [3.8, 4) is 5.75 Å². The van der Waals surface area contributed by atoms with E-state index >= 15 is 0 Å². The molecule has 0 bridgehead atoms. The van der Waals surface area contributed by atoms with Gasteiger partial charge >= 0.3 is 0 Å². The molecule has 0 spiro atoms. The van der Waals surface area contributed by atoms with Crippen LogP contribution in [0.15, 0.2) is 42.5 Å². The summed E-state index contributed by atoms with van der Waals surface area (Å²) in [6, 6.07) is 12.2. The summed E-state index contributed by atoms with van der Waals surface area (Å²) in [6.07, 6.45) is 0.0813. The number of hydrogen-bond donors (Lipinski definition) is 3. The van der Waals surface area contributed by atoms with E-state index in [0.29, 0.717) is 23.7 Å². The first-order valence-electron chi connectivity index (χ1n) is 8.55. The van der Waals surface area contributed by atoms with Crippen LogP contribution in [0.4, 0.5) is 11.4 Å². The molecule has 1 unspecified atom stereocenters. The molecule has 2 aromatic carbocycles. The first kappa shape index (κ1) is 19.3. The van der Waals surface area contributed by atoms with Crippen LogP contribution in [0, 0.1) is 6.92 Å². The molecule has 1 atom stereocenters. The number of aryl methyl sites for hydroxylation is 1. The zero-order valence-electron chi connectivity index (χ0n) is 15.3. The number of amides is 2. The number of ether oxygens (including phenoxy) is 1. The molecule has 26 heavy (non-hydrogen) atoms. The Hall–Kier alpha value is -3.02. The molecule has 0 radical (unpaired) electrons. The van der Waals surface area contributed by atoms with E-state index in [4.69, 9.17) is 10.5 Å². The van der Waals surface area contributed by atoms with Crippen LogP contribution in [0.5, 0.6) is 5.75 Å². The Balaban J connectivity index is 2.21. The fourth-order valence-electron chi connectivity index (χ4n) is 2.70. The molecule has 0 aliphatic heterocycles. The fourth-order valence-corrected chi connectivity index (χ4v) is 2.70. The second kappa shape index (κ2) is 8.89. The number of carbonyl (C=O) groups excluding carboxylic acids is 2. The van der Waals surface area contributed by atoms with Crippen molar-refractivity contribution in [2.45, 2.75) is 33.2 Å². The number of nitrogen functional groups attached to an aromatic ring is 1. The van der Waals surface area contributed by atoms with Crippen molar-refractivity contribution in [2.75, 3.05) is 17.7 Å². The number of hydrogen-bond acceptors (Lipinski definition) is 4. The van der Waals surface area contributed by atoms with Gasteiger partial charge < -0.3 is 21.1 Å². The van der Waals surface area contributed by atoms with Crippen LogP contribution in [0.2, 0.25) is 0 Å².